The summed E-state index contributed by atoms with van der Waals surface area (Å²) in [6.45, 7) is 4.00. The quantitative estimate of drug-likeness (QED) is 0.264. The van der Waals surface area contributed by atoms with Crippen molar-refractivity contribution in [1.82, 2.24) is 13.9 Å². The van der Waals surface area contributed by atoms with Gasteiger partial charge >= 0.3 is 0 Å². The molecule has 4 aromatic rings. The third kappa shape index (κ3) is 5.18. The Kier molecular flexibility index (Phi) is 7.86. The number of fused-ring (bicyclic) bond motifs is 1. The number of allylic oxidation sites excluding steroid dienone is 1. The van der Waals surface area contributed by atoms with E-state index in [1.54, 1.807) is 61.6 Å². The number of ketones is 1. The highest BCUT2D eigenvalue weighted by Gasteiger charge is 2.26. The molecular weight excluding hydrogens is 450 g/mol. The van der Waals surface area contributed by atoms with Crippen molar-refractivity contribution < 1.29 is 17.9 Å². The largest absolute Gasteiger partial charge is 0.457 e. The van der Waals surface area contributed by atoms with Crippen LogP contribution in [0.2, 0.25) is 0 Å². The minimum atomic E-state index is -3.99. The first-order chi connectivity index (χ1) is 16.4. The van der Waals surface area contributed by atoms with E-state index in [1.807, 2.05) is 32.0 Å². The predicted molar refractivity (Wildman–Crippen MR) is 134 cm³/mol. The molecule has 0 fully saturated rings. The molecule has 2 aromatic carbocycles. The number of rotatable bonds is 7. The third-order valence-electron chi connectivity index (χ3n) is 4.68. The molecule has 0 atom stereocenters. The van der Waals surface area contributed by atoms with Crippen molar-refractivity contribution in [1.29, 1.82) is 0 Å². The van der Waals surface area contributed by atoms with Crippen LogP contribution in [-0.2, 0) is 10.0 Å². The lowest BCUT2D eigenvalue weighted by atomic mass is 10.1. The zero-order valence-corrected chi connectivity index (χ0v) is 20.4. The first kappa shape index (κ1) is 24.7. The number of para-hydroxylation sites is 1. The number of nitrogens with zero attached hydrogens (tertiary/aromatic N) is 3. The maximum Gasteiger partial charge on any atom is 0.269 e. The summed E-state index contributed by atoms with van der Waals surface area (Å²) in [4.78, 5) is 19.1. The summed E-state index contributed by atoms with van der Waals surface area (Å²) in [6.07, 6.45) is 5.75. The van der Waals surface area contributed by atoms with Gasteiger partial charge in [0.05, 0.1) is 15.8 Å². The summed E-state index contributed by atoms with van der Waals surface area (Å²) in [5.74, 6) is 0.530. The molecule has 8 heteroatoms. The fourth-order valence-corrected chi connectivity index (χ4v) is 4.52. The molecule has 0 unspecified atom stereocenters. The van der Waals surface area contributed by atoms with Crippen molar-refractivity contribution in [3.63, 3.8) is 0 Å². The number of carbonyl (C=O) groups is 1. The summed E-state index contributed by atoms with van der Waals surface area (Å²) in [7, 11) is -0.407. The lowest BCUT2D eigenvalue weighted by Crippen LogP contribution is -2.12. The Bertz CT molecular complexity index is 1390. The Labute approximate surface area is 200 Å². The normalized spacial score (nSPS) is 11.2. The van der Waals surface area contributed by atoms with Crippen LogP contribution in [0, 0.1) is 0 Å². The minimum absolute atomic E-state index is 0.0934. The number of hydrogen-bond acceptors (Lipinski definition) is 6. The molecule has 0 aliphatic carbocycles. The van der Waals surface area contributed by atoms with Crippen molar-refractivity contribution in [2.24, 2.45) is 0 Å². The fraction of sp³-hybridized carbons (Fsp3) is 0.154. The van der Waals surface area contributed by atoms with E-state index >= 15 is 0 Å². The molecule has 0 bridgehead atoms. The van der Waals surface area contributed by atoms with E-state index in [0.29, 0.717) is 16.9 Å². The molecule has 2 aromatic heterocycles. The second-order valence-electron chi connectivity index (χ2n) is 7.22. The molecule has 4 rings (SSSR count). The highest BCUT2D eigenvalue weighted by atomic mass is 32.2. The van der Waals surface area contributed by atoms with Gasteiger partial charge < -0.3 is 9.64 Å². The van der Waals surface area contributed by atoms with Gasteiger partial charge in [-0.15, -0.1) is 0 Å². The first-order valence-corrected chi connectivity index (χ1v) is 12.2. The maximum atomic E-state index is 13.4. The Balaban J connectivity index is 0.00000158. The Morgan fingerprint density at radius 3 is 2.21 bits per heavy atom. The zero-order valence-electron chi connectivity index (χ0n) is 19.5. The standard InChI is InChI=1S/C24H21N3O4S.C2H6/c1-26(2)16-14-21(28)20-17-27(32(29,30)19-11-7-4-8-12-19)24-23(20)22(13-15-25-24)31-18-9-5-3-6-10-18;1-2/h3-17H,1-2H3;1-2H3/b16-14+;. The summed E-state index contributed by atoms with van der Waals surface area (Å²) >= 11 is 0. The lowest BCUT2D eigenvalue weighted by molar-refractivity contribution is 0.104. The molecular formula is C26H27N3O4S. The number of carbonyl (C=O) groups excluding carboxylic acids is 1. The van der Waals surface area contributed by atoms with Crippen LogP contribution in [0.5, 0.6) is 11.5 Å². The molecule has 34 heavy (non-hydrogen) atoms. The van der Waals surface area contributed by atoms with Crippen LogP contribution in [0.4, 0.5) is 0 Å². The number of aromatic nitrogens is 2. The highest BCUT2D eigenvalue weighted by Crippen LogP contribution is 2.34. The van der Waals surface area contributed by atoms with Crippen molar-refractivity contribution in [2.45, 2.75) is 18.7 Å². The van der Waals surface area contributed by atoms with Crippen LogP contribution in [-0.4, -0.2) is 42.2 Å². The van der Waals surface area contributed by atoms with Gasteiger partial charge in [-0.2, -0.15) is 0 Å². The summed E-state index contributed by atoms with van der Waals surface area (Å²) in [6, 6.07) is 18.7. The average Bonchev–Trinajstić information content (AvgIpc) is 3.27. The van der Waals surface area contributed by atoms with Crippen LogP contribution in [0.3, 0.4) is 0 Å². The fourth-order valence-electron chi connectivity index (χ4n) is 3.18. The third-order valence-corrected chi connectivity index (χ3v) is 6.34. The van der Waals surface area contributed by atoms with Crippen LogP contribution >= 0.6 is 0 Å². The van der Waals surface area contributed by atoms with Crippen LogP contribution in [0.1, 0.15) is 24.2 Å². The Morgan fingerprint density at radius 1 is 0.971 bits per heavy atom. The minimum Gasteiger partial charge on any atom is -0.457 e. The monoisotopic (exact) mass is 477 g/mol. The van der Waals surface area contributed by atoms with Gasteiger partial charge in [0, 0.05) is 38.8 Å². The number of pyridine rings is 1. The molecule has 0 amide bonds. The maximum absolute atomic E-state index is 13.4. The van der Waals surface area contributed by atoms with E-state index in [0.717, 1.165) is 3.97 Å². The molecule has 0 saturated carbocycles. The second kappa shape index (κ2) is 10.8. The molecule has 0 aliphatic heterocycles. The van der Waals surface area contributed by atoms with E-state index in [4.69, 9.17) is 4.74 Å². The topological polar surface area (TPSA) is 81.5 Å². The molecule has 0 saturated heterocycles. The summed E-state index contributed by atoms with van der Waals surface area (Å²) < 4.78 is 33.8. The van der Waals surface area contributed by atoms with Gasteiger partial charge in [0.25, 0.3) is 10.0 Å². The molecule has 176 valence electrons. The molecule has 0 spiro atoms. The van der Waals surface area contributed by atoms with Gasteiger partial charge in [0.2, 0.25) is 0 Å². The number of benzene rings is 2. The van der Waals surface area contributed by atoms with Gasteiger partial charge in [-0.1, -0.05) is 50.2 Å². The Morgan fingerprint density at radius 2 is 1.59 bits per heavy atom. The van der Waals surface area contributed by atoms with E-state index in [-0.39, 0.29) is 21.9 Å². The van der Waals surface area contributed by atoms with Crippen LogP contribution in [0.15, 0.2) is 96.3 Å². The lowest BCUT2D eigenvalue weighted by Gasteiger charge is -2.09. The molecule has 0 radical (unpaired) electrons. The van der Waals surface area contributed by atoms with Gasteiger partial charge in [-0.05, 0) is 30.3 Å². The predicted octanol–water partition coefficient (Wildman–Crippen LogP) is 5.35. The van der Waals surface area contributed by atoms with Gasteiger partial charge in [0.15, 0.2) is 11.4 Å². The van der Waals surface area contributed by atoms with E-state index in [1.165, 1.54) is 30.6 Å². The van der Waals surface area contributed by atoms with E-state index < -0.39 is 10.0 Å². The first-order valence-electron chi connectivity index (χ1n) is 10.8. The van der Waals surface area contributed by atoms with Crippen LogP contribution in [0.25, 0.3) is 11.0 Å². The van der Waals surface area contributed by atoms with Crippen molar-refractivity contribution in [2.75, 3.05) is 14.1 Å². The SMILES string of the molecule is CC.CN(C)/C=C/C(=O)c1cn(S(=O)(=O)c2ccccc2)c2nccc(Oc3ccccc3)c12. The van der Waals surface area contributed by atoms with E-state index in [9.17, 15) is 13.2 Å². The van der Waals surface area contributed by atoms with Gasteiger partial charge in [-0.25, -0.2) is 17.4 Å². The van der Waals surface area contributed by atoms with E-state index in [2.05, 4.69) is 4.98 Å². The number of ether oxygens (including phenoxy) is 1. The molecule has 7 nitrogen and oxygen atoms in total. The second-order valence-corrected chi connectivity index (χ2v) is 9.04. The van der Waals surface area contributed by atoms with Crippen molar-refractivity contribution in [3.8, 4) is 11.5 Å². The smallest absolute Gasteiger partial charge is 0.269 e. The molecule has 0 N–H and O–H groups in total. The summed E-state index contributed by atoms with van der Waals surface area (Å²) in [5.41, 5.74) is 0.292. The average molecular weight is 478 g/mol. The number of hydrogen-bond donors (Lipinski definition) is 0. The summed E-state index contributed by atoms with van der Waals surface area (Å²) in [5, 5.41) is 0.323. The molecule has 2 heterocycles. The Hall–Kier alpha value is -3.91. The zero-order chi connectivity index (χ0) is 24.7. The van der Waals surface area contributed by atoms with Crippen molar-refractivity contribution >= 4 is 26.8 Å². The molecule has 0 aliphatic rings. The van der Waals surface area contributed by atoms with Crippen LogP contribution < -0.4 is 4.74 Å². The van der Waals surface area contributed by atoms with Gasteiger partial charge in [-0.3, -0.25) is 4.79 Å². The van der Waals surface area contributed by atoms with Gasteiger partial charge in [0.1, 0.15) is 11.5 Å². The highest BCUT2D eigenvalue weighted by molar-refractivity contribution is 7.90. The van der Waals surface area contributed by atoms with Crippen molar-refractivity contribution in [3.05, 3.63) is 97.0 Å².